The van der Waals surface area contributed by atoms with Crippen molar-refractivity contribution < 1.29 is 39.0 Å². The lowest BCUT2D eigenvalue weighted by molar-refractivity contribution is -0.143. The van der Waals surface area contributed by atoms with Crippen LogP contribution in [0.15, 0.2) is 30.5 Å². The summed E-state index contributed by atoms with van der Waals surface area (Å²) in [5, 5.41) is 26.8. The van der Waals surface area contributed by atoms with Gasteiger partial charge in [-0.25, -0.2) is 4.79 Å². The lowest BCUT2D eigenvalue weighted by Gasteiger charge is -2.25. The number of carbonyl (C=O) groups is 6. The number of H-pyrrole nitrogens is 1. The van der Waals surface area contributed by atoms with Gasteiger partial charge in [0.05, 0.1) is 12.5 Å². The fraction of sp³-hybridized carbons (Fsp3) is 0.462. The molecule has 0 fully saturated rings. The van der Waals surface area contributed by atoms with E-state index in [0.717, 1.165) is 10.9 Å². The minimum absolute atomic E-state index is 0.0905. The molecule has 1 aromatic heterocycles. The van der Waals surface area contributed by atoms with Crippen molar-refractivity contribution in [3.63, 3.8) is 0 Å². The van der Waals surface area contributed by atoms with Crippen molar-refractivity contribution in [2.45, 2.75) is 70.1 Å². The van der Waals surface area contributed by atoms with E-state index in [4.69, 9.17) is 11.5 Å². The van der Waals surface area contributed by atoms with Gasteiger partial charge in [-0.05, 0) is 24.0 Å². The van der Waals surface area contributed by atoms with Crippen LogP contribution in [-0.4, -0.2) is 74.9 Å². The normalized spacial score (nSPS) is 14.8. The number of hydrogen-bond donors (Lipinski definition) is 8. The number of aromatic amines is 1. The van der Waals surface area contributed by atoms with Crippen LogP contribution in [-0.2, 0) is 35.2 Å². The number of benzene rings is 1. The molecule has 2 rings (SSSR count). The maximum absolute atomic E-state index is 13.1. The molecule has 14 heteroatoms. The number of para-hydroxylation sites is 1. The molecule has 40 heavy (non-hydrogen) atoms. The standard InChI is InChI=1S/C26H36N6O8/c1-3-13(2)22(28)25(38)31-18(11-21(34)35)24(37)30-17(8-9-20(27)33)23(36)32-19(26(39)40)10-14-12-29-16-7-5-4-6-15(14)16/h4-7,12-13,17-19,22,29H,3,8-11,28H2,1-2H3,(H2,27,33)(H,30,37)(H,31,38)(H,32,36)(H,34,35)(H,39,40). The molecule has 1 aromatic carbocycles. The molecule has 0 bridgehead atoms. The summed E-state index contributed by atoms with van der Waals surface area (Å²) < 4.78 is 0. The van der Waals surface area contributed by atoms with E-state index in [1.54, 1.807) is 25.3 Å². The van der Waals surface area contributed by atoms with E-state index >= 15 is 0 Å². The number of aromatic nitrogens is 1. The molecule has 0 spiro atoms. The van der Waals surface area contributed by atoms with Gasteiger partial charge in [0, 0.05) is 29.9 Å². The average molecular weight is 561 g/mol. The molecule has 5 atom stereocenters. The molecule has 5 unspecified atom stereocenters. The van der Waals surface area contributed by atoms with Crippen molar-refractivity contribution in [1.29, 1.82) is 0 Å². The summed E-state index contributed by atoms with van der Waals surface area (Å²) in [7, 11) is 0. The van der Waals surface area contributed by atoms with Crippen LogP contribution in [0.5, 0.6) is 0 Å². The van der Waals surface area contributed by atoms with Crippen molar-refractivity contribution in [3.8, 4) is 0 Å². The van der Waals surface area contributed by atoms with Gasteiger partial charge in [0.1, 0.15) is 18.1 Å². The second-order valence-corrected chi connectivity index (χ2v) is 9.60. The first kappa shape index (κ1) is 31.8. The number of fused-ring (bicyclic) bond motifs is 1. The van der Waals surface area contributed by atoms with Crippen molar-refractivity contribution >= 4 is 46.5 Å². The van der Waals surface area contributed by atoms with Gasteiger partial charge >= 0.3 is 11.9 Å². The SMILES string of the molecule is CCC(C)C(N)C(=O)NC(CC(=O)O)C(=O)NC(CCC(N)=O)C(=O)NC(Cc1c[nH]c2ccccc12)C(=O)O. The van der Waals surface area contributed by atoms with Gasteiger partial charge in [0.25, 0.3) is 0 Å². The van der Waals surface area contributed by atoms with E-state index < -0.39 is 66.2 Å². The van der Waals surface area contributed by atoms with Gasteiger partial charge in [-0.15, -0.1) is 0 Å². The van der Waals surface area contributed by atoms with Gasteiger partial charge in [0.2, 0.25) is 23.6 Å². The Hall–Kier alpha value is -4.46. The van der Waals surface area contributed by atoms with E-state index in [9.17, 15) is 39.0 Å². The third-order valence-electron chi connectivity index (χ3n) is 6.60. The Kier molecular flexibility index (Phi) is 11.6. The lowest BCUT2D eigenvalue weighted by atomic mass is 9.99. The molecule has 0 radical (unpaired) electrons. The fourth-order valence-corrected chi connectivity index (χ4v) is 3.98. The van der Waals surface area contributed by atoms with Gasteiger partial charge in [-0.1, -0.05) is 38.5 Å². The summed E-state index contributed by atoms with van der Waals surface area (Å²) in [5.41, 5.74) is 12.5. The molecule has 0 saturated heterocycles. The number of primary amides is 1. The summed E-state index contributed by atoms with van der Waals surface area (Å²) in [4.78, 5) is 76.5. The molecule has 2 aromatic rings. The zero-order valence-electron chi connectivity index (χ0n) is 22.3. The molecular weight excluding hydrogens is 524 g/mol. The fourth-order valence-electron chi connectivity index (χ4n) is 3.98. The highest BCUT2D eigenvalue weighted by molar-refractivity contribution is 5.96. The summed E-state index contributed by atoms with van der Waals surface area (Å²) in [6.07, 6.45) is 0.644. The third kappa shape index (κ3) is 9.08. The largest absolute Gasteiger partial charge is 0.481 e. The Bertz CT molecular complexity index is 1240. The molecule has 4 amide bonds. The molecule has 0 aliphatic carbocycles. The van der Waals surface area contributed by atoms with Crippen LogP contribution in [0.4, 0.5) is 0 Å². The molecule has 0 saturated carbocycles. The Morgan fingerprint density at radius 2 is 1.52 bits per heavy atom. The second kappa shape index (κ2) is 14.6. The number of carboxylic acid groups (broad SMARTS) is 2. The second-order valence-electron chi connectivity index (χ2n) is 9.60. The first-order valence-electron chi connectivity index (χ1n) is 12.8. The minimum Gasteiger partial charge on any atom is -0.481 e. The summed E-state index contributed by atoms with van der Waals surface area (Å²) >= 11 is 0. The van der Waals surface area contributed by atoms with Crippen LogP contribution in [0.3, 0.4) is 0 Å². The molecule has 1 heterocycles. The monoisotopic (exact) mass is 560 g/mol. The number of carboxylic acids is 2. The van der Waals surface area contributed by atoms with Crippen molar-refractivity contribution in [1.82, 2.24) is 20.9 Å². The third-order valence-corrected chi connectivity index (χ3v) is 6.60. The smallest absolute Gasteiger partial charge is 0.326 e. The lowest BCUT2D eigenvalue weighted by Crippen LogP contribution is -2.58. The van der Waals surface area contributed by atoms with Crippen molar-refractivity contribution in [3.05, 3.63) is 36.0 Å². The van der Waals surface area contributed by atoms with Crippen molar-refractivity contribution in [2.75, 3.05) is 0 Å². The van der Waals surface area contributed by atoms with Gasteiger partial charge in [0.15, 0.2) is 0 Å². The number of rotatable bonds is 16. The summed E-state index contributed by atoms with van der Waals surface area (Å²) in [6, 6.07) is 1.74. The topological polar surface area (TPSA) is 247 Å². The average Bonchev–Trinajstić information content (AvgIpc) is 3.31. The number of amides is 4. The quantitative estimate of drug-likeness (QED) is 0.130. The maximum atomic E-state index is 13.1. The number of nitrogens with one attached hydrogen (secondary N) is 4. The Balaban J connectivity index is 2.22. The first-order valence-corrected chi connectivity index (χ1v) is 12.8. The molecule has 218 valence electrons. The van der Waals surface area contributed by atoms with Crippen LogP contribution >= 0.6 is 0 Å². The number of carbonyl (C=O) groups excluding carboxylic acids is 4. The predicted molar refractivity (Wildman–Crippen MR) is 144 cm³/mol. The molecule has 10 N–H and O–H groups in total. The van der Waals surface area contributed by atoms with Gasteiger partial charge < -0.3 is 42.6 Å². The van der Waals surface area contributed by atoms with Gasteiger partial charge in [-0.2, -0.15) is 0 Å². The van der Waals surface area contributed by atoms with E-state index in [1.807, 2.05) is 19.1 Å². The first-order chi connectivity index (χ1) is 18.8. The minimum atomic E-state index is -1.59. The van der Waals surface area contributed by atoms with Crippen LogP contribution in [0.25, 0.3) is 10.9 Å². The predicted octanol–water partition coefficient (Wildman–Crippen LogP) is -0.637. The van der Waals surface area contributed by atoms with E-state index in [2.05, 4.69) is 20.9 Å². The number of aliphatic carboxylic acids is 2. The number of hydrogen-bond acceptors (Lipinski definition) is 7. The summed E-state index contributed by atoms with van der Waals surface area (Å²) in [5.74, 6) is -6.49. The van der Waals surface area contributed by atoms with Crippen LogP contribution in [0, 0.1) is 5.92 Å². The highest BCUT2D eigenvalue weighted by atomic mass is 16.4. The Morgan fingerprint density at radius 3 is 2.12 bits per heavy atom. The Labute approximate surface area is 230 Å². The van der Waals surface area contributed by atoms with Crippen LogP contribution in [0.1, 0.15) is 45.1 Å². The zero-order chi connectivity index (χ0) is 30.0. The van der Waals surface area contributed by atoms with Crippen LogP contribution in [0.2, 0.25) is 0 Å². The highest BCUT2D eigenvalue weighted by Crippen LogP contribution is 2.19. The highest BCUT2D eigenvalue weighted by Gasteiger charge is 2.32. The van der Waals surface area contributed by atoms with E-state index in [-0.39, 0.29) is 25.2 Å². The number of nitrogens with two attached hydrogens (primary N) is 2. The van der Waals surface area contributed by atoms with Gasteiger partial charge in [-0.3, -0.25) is 24.0 Å². The van der Waals surface area contributed by atoms with E-state index in [0.29, 0.717) is 12.0 Å². The molecule has 14 nitrogen and oxygen atoms in total. The zero-order valence-corrected chi connectivity index (χ0v) is 22.3. The van der Waals surface area contributed by atoms with Crippen LogP contribution < -0.4 is 27.4 Å². The maximum Gasteiger partial charge on any atom is 0.326 e. The Morgan fingerprint density at radius 1 is 0.925 bits per heavy atom. The molecule has 0 aliphatic rings. The summed E-state index contributed by atoms with van der Waals surface area (Å²) in [6.45, 7) is 3.53. The molecular formula is C26H36N6O8. The van der Waals surface area contributed by atoms with E-state index in [1.165, 1.54) is 0 Å². The molecule has 0 aliphatic heterocycles. The van der Waals surface area contributed by atoms with Crippen molar-refractivity contribution in [2.24, 2.45) is 17.4 Å².